The molecular weight excluding hydrogens is 579 g/mol. The first kappa shape index (κ1) is 29.7. The maximum absolute atomic E-state index is 14.6. The maximum atomic E-state index is 14.6. The van der Waals surface area contributed by atoms with Gasteiger partial charge in [0.05, 0.1) is 21.3 Å². The molecule has 1 aliphatic heterocycles. The summed E-state index contributed by atoms with van der Waals surface area (Å²) in [5.74, 6) is -0.418. The number of pyridine rings is 1. The number of benzene rings is 1. The van der Waals surface area contributed by atoms with Crippen LogP contribution in [0.15, 0.2) is 42.7 Å². The molecule has 1 fully saturated rings. The van der Waals surface area contributed by atoms with Gasteiger partial charge in [0.1, 0.15) is 23.6 Å². The van der Waals surface area contributed by atoms with Crippen LogP contribution in [-0.2, 0) is 16.1 Å². The summed E-state index contributed by atoms with van der Waals surface area (Å²) < 4.78 is 27.9. The number of hydrogen-bond donors (Lipinski definition) is 3. The largest absolute Gasteiger partial charge is 0.453 e. The Bertz CT molecular complexity index is 1660. The van der Waals surface area contributed by atoms with Gasteiger partial charge in [-0.3, -0.25) is 9.78 Å². The molecule has 4 amide bonds. The van der Waals surface area contributed by atoms with Crippen LogP contribution < -0.4 is 21.1 Å². The van der Waals surface area contributed by atoms with Crippen molar-refractivity contribution in [1.82, 2.24) is 30.2 Å². The Balaban J connectivity index is 1.20. The molecule has 226 valence electrons. The van der Waals surface area contributed by atoms with Crippen LogP contribution in [0.4, 0.5) is 19.7 Å². The first-order valence-electron chi connectivity index (χ1n) is 13.5. The number of piperidine rings is 1. The molecule has 1 aromatic carbocycles. The molecule has 13 nitrogen and oxygen atoms in total. The third-order valence-electron chi connectivity index (χ3n) is 6.45. The number of nitrogens with one attached hydrogen (secondary N) is 2. The number of aromatic nitrogens is 4. The van der Waals surface area contributed by atoms with Crippen LogP contribution in [0.3, 0.4) is 0 Å². The predicted octanol–water partition coefficient (Wildman–Crippen LogP) is 4.49. The molecule has 4 N–H and O–H groups in total. The van der Waals surface area contributed by atoms with Crippen molar-refractivity contribution >= 4 is 45.3 Å². The van der Waals surface area contributed by atoms with E-state index in [1.165, 1.54) is 28.2 Å². The number of alkyl carbamates (subject to hydrolysis) is 1. The van der Waals surface area contributed by atoms with Crippen molar-refractivity contribution in [3.05, 3.63) is 48.5 Å². The van der Waals surface area contributed by atoms with Crippen LogP contribution in [0.1, 0.15) is 33.6 Å². The monoisotopic (exact) mass is 610 g/mol. The Morgan fingerprint density at radius 3 is 2.60 bits per heavy atom. The van der Waals surface area contributed by atoms with Crippen molar-refractivity contribution in [2.45, 2.75) is 51.8 Å². The van der Waals surface area contributed by atoms with Crippen LogP contribution in [0.2, 0.25) is 0 Å². The molecule has 4 aromatic rings. The first-order valence-corrected chi connectivity index (χ1v) is 14.4. The van der Waals surface area contributed by atoms with Crippen LogP contribution in [0.5, 0.6) is 11.5 Å². The number of hydrogen-bond acceptors (Lipinski definition) is 9. The van der Waals surface area contributed by atoms with E-state index in [9.17, 15) is 18.8 Å². The fraction of sp³-hybridized carbons (Fsp3) is 0.357. The normalized spacial score (nSPS) is 14.0. The Labute approximate surface area is 250 Å². The van der Waals surface area contributed by atoms with Crippen molar-refractivity contribution in [3.8, 4) is 22.1 Å². The van der Waals surface area contributed by atoms with Crippen LogP contribution in [0.25, 0.3) is 20.8 Å². The molecule has 0 aliphatic carbocycles. The molecule has 0 bridgehead atoms. The lowest BCUT2D eigenvalue weighted by molar-refractivity contribution is -0.133. The zero-order valence-corrected chi connectivity index (χ0v) is 24.6. The van der Waals surface area contributed by atoms with Gasteiger partial charge in [0.15, 0.2) is 11.6 Å². The van der Waals surface area contributed by atoms with E-state index in [2.05, 4.69) is 25.9 Å². The zero-order chi connectivity index (χ0) is 30.7. The molecule has 0 unspecified atom stereocenters. The number of nitrogens with zero attached hydrogens (tertiary/aromatic N) is 5. The van der Waals surface area contributed by atoms with E-state index < -0.39 is 23.5 Å². The third-order valence-corrected chi connectivity index (χ3v) is 7.61. The Morgan fingerprint density at radius 1 is 1.14 bits per heavy atom. The number of rotatable bonds is 7. The lowest BCUT2D eigenvalue weighted by atomic mass is 10.1. The third kappa shape index (κ3) is 7.54. The van der Waals surface area contributed by atoms with Gasteiger partial charge in [-0.2, -0.15) is 0 Å². The number of primary amides is 1. The highest BCUT2D eigenvalue weighted by atomic mass is 32.1. The number of ether oxygens (including phenoxy) is 2. The Hall–Kier alpha value is -4.79. The minimum absolute atomic E-state index is 0.0224. The molecule has 1 saturated heterocycles. The number of urea groups is 1. The number of carbonyl (C=O) groups excluding carboxylic acids is 3. The van der Waals surface area contributed by atoms with Crippen molar-refractivity contribution in [3.63, 3.8) is 0 Å². The minimum atomic E-state index is -0.800. The summed E-state index contributed by atoms with van der Waals surface area (Å²) >= 11 is 1.34. The van der Waals surface area contributed by atoms with Gasteiger partial charge in [-0.15, -0.1) is 16.4 Å². The molecule has 4 heterocycles. The molecule has 0 spiro atoms. The van der Waals surface area contributed by atoms with Gasteiger partial charge in [0.25, 0.3) is 0 Å². The van der Waals surface area contributed by atoms with Gasteiger partial charge in [-0.05, 0) is 51.8 Å². The summed E-state index contributed by atoms with van der Waals surface area (Å²) in [6.07, 6.45) is 4.04. The fourth-order valence-corrected chi connectivity index (χ4v) is 5.53. The van der Waals surface area contributed by atoms with Crippen molar-refractivity contribution in [2.24, 2.45) is 5.73 Å². The maximum Gasteiger partial charge on any atom is 0.407 e. The average molecular weight is 611 g/mol. The number of likely N-dealkylation sites (tertiary alicyclic amines) is 1. The molecule has 0 saturated carbocycles. The quantitative estimate of drug-likeness (QED) is 0.275. The summed E-state index contributed by atoms with van der Waals surface area (Å²) in [7, 11) is 0. The van der Waals surface area contributed by atoms with E-state index in [0.29, 0.717) is 47.6 Å². The molecule has 0 radical (unpaired) electrons. The lowest BCUT2D eigenvalue weighted by Gasteiger charge is -2.32. The molecule has 5 rings (SSSR count). The topological polar surface area (TPSA) is 167 Å². The predicted molar refractivity (Wildman–Crippen MR) is 157 cm³/mol. The molecule has 15 heteroatoms. The fourth-order valence-electron chi connectivity index (χ4n) is 4.52. The SMILES string of the molecule is CC(C)(C)OC(=O)NC1CCN(C(=O)Cn2cc(-c3cc4nccc(Oc5ccc(NC(N)=O)cc5F)c4s3)nn2)CC1. The van der Waals surface area contributed by atoms with Crippen LogP contribution >= 0.6 is 11.3 Å². The molecular formula is C28H31FN8O5S. The van der Waals surface area contributed by atoms with Crippen molar-refractivity contribution in [1.29, 1.82) is 0 Å². The number of nitrogens with two attached hydrogens (primary N) is 1. The smallest absolute Gasteiger partial charge is 0.407 e. The Morgan fingerprint density at radius 2 is 1.91 bits per heavy atom. The number of carbonyl (C=O) groups is 3. The number of anilines is 1. The molecule has 3 aromatic heterocycles. The summed E-state index contributed by atoms with van der Waals surface area (Å²) in [6, 6.07) is 6.57. The van der Waals surface area contributed by atoms with Gasteiger partial charge in [0.2, 0.25) is 5.91 Å². The van der Waals surface area contributed by atoms with E-state index in [1.807, 2.05) is 26.8 Å². The first-order chi connectivity index (χ1) is 20.4. The second kappa shape index (κ2) is 12.2. The lowest BCUT2D eigenvalue weighted by Crippen LogP contribution is -2.48. The average Bonchev–Trinajstić information content (AvgIpc) is 3.57. The Kier molecular flexibility index (Phi) is 8.43. The van der Waals surface area contributed by atoms with Crippen molar-refractivity contribution < 1.29 is 28.2 Å². The summed E-state index contributed by atoms with van der Waals surface area (Å²) in [4.78, 5) is 42.9. The van der Waals surface area contributed by atoms with Gasteiger partial charge in [-0.1, -0.05) is 5.21 Å². The zero-order valence-electron chi connectivity index (χ0n) is 23.8. The molecule has 1 aliphatic rings. The highest BCUT2D eigenvalue weighted by Crippen LogP contribution is 2.39. The van der Waals surface area contributed by atoms with Gasteiger partial charge >= 0.3 is 12.1 Å². The molecule has 0 atom stereocenters. The highest BCUT2D eigenvalue weighted by Gasteiger charge is 2.26. The van der Waals surface area contributed by atoms with E-state index in [1.54, 1.807) is 23.4 Å². The van der Waals surface area contributed by atoms with E-state index in [-0.39, 0.29) is 29.9 Å². The second-order valence-corrected chi connectivity index (χ2v) is 12.0. The number of amides is 4. The van der Waals surface area contributed by atoms with Crippen LogP contribution in [0, 0.1) is 5.82 Å². The van der Waals surface area contributed by atoms with Crippen molar-refractivity contribution in [2.75, 3.05) is 18.4 Å². The number of thiophene rings is 1. The minimum Gasteiger partial charge on any atom is -0.453 e. The standard InChI is InChI=1S/C28H31FN8O5S/c1-28(2,3)42-27(40)33-16-7-10-36(11-8-16)24(38)15-37-14-20(34-35-37)23-13-19-25(43-23)22(6-9-31-19)41-21-5-4-17(12-18(21)29)32-26(30)39/h4-6,9,12-14,16H,7-8,10-11,15H2,1-3H3,(H,33,40)(H3,30,32,39). The van der Waals surface area contributed by atoms with E-state index in [0.717, 1.165) is 10.9 Å². The summed E-state index contributed by atoms with van der Waals surface area (Å²) in [5.41, 5.74) is 5.90. The van der Waals surface area contributed by atoms with Gasteiger partial charge in [-0.25, -0.2) is 18.7 Å². The molecule has 43 heavy (non-hydrogen) atoms. The van der Waals surface area contributed by atoms with E-state index in [4.69, 9.17) is 15.2 Å². The second-order valence-electron chi connectivity index (χ2n) is 11.0. The summed E-state index contributed by atoms with van der Waals surface area (Å²) in [6.45, 7) is 6.47. The number of fused-ring (bicyclic) bond motifs is 1. The van der Waals surface area contributed by atoms with E-state index >= 15 is 0 Å². The number of halogens is 1. The highest BCUT2D eigenvalue weighted by molar-refractivity contribution is 7.22. The van der Waals surface area contributed by atoms with Crippen LogP contribution in [-0.4, -0.2) is 67.6 Å². The van der Waals surface area contributed by atoms with Gasteiger partial charge in [0, 0.05) is 43.1 Å². The van der Waals surface area contributed by atoms with Gasteiger partial charge < -0.3 is 30.7 Å². The summed E-state index contributed by atoms with van der Waals surface area (Å²) in [5, 5.41) is 13.5.